The van der Waals surface area contributed by atoms with E-state index in [4.69, 9.17) is 9.47 Å². The van der Waals surface area contributed by atoms with Crippen molar-refractivity contribution in [3.8, 4) is 11.5 Å². The Bertz CT molecular complexity index is 1080. The number of halogens is 1. The third-order valence-electron chi connectivity index (χ3n) is 5.07. The van der Waals surface area contributed by atoms with E-state index < -0.39 is 6.10 Å². The Labute approximate surface area is 181 Å². The largest absolute Gasteiger partial charge is 0.490 e. The van der Waals surface area contributed by atoms with Crippen molar-refractivity contribution in [2.75, 3.05) is 6.61 Å². The van der Waals surface area contributed by atoms with E-state index in [2.05, 4.69) is 10.1 Å². The molecule has 0 radical (unpaired) electrons. The molecule has 1 unspecified atom stereocenters. The van der Waals surface area contributed by atoms with Gasteiger partial charge in [-0.1, -0.05) is 19.1 Å². The molecule has 0 spiro atoms. The molecule has 2 aromatic carbocycles. The van der Waals surface area contributed by atoms with Crippen LogP contribution < -0.4 is 9.47 Å². The van der Waals surface area contributed by atoms with Crippen molar-refractivity contribution in [1.82, 2.24) is 14.8 Å². The highest BCUT2D eigenvalue weighted by Crippen LogP contribution is 2.44. The minimum absolute atomic E-state index is 0.320. The lowest BCUT2D eigenvalue weighted by atomic mass is 9.96. The van der Waals surface area contributed by atoms with Crippen LogP contribution in [0.25, 0.3) is 11.8 Å². The maximum Gasteiger partial charge on any atom is 0.165 e. The molecule has 1 N–H and O–H groups in total. The zero-order valence-electron chi connectivity index (χ0n) is 17.9. The van der Waals surface area contributed by atoms with E-state index >= 15 is 0 Å². The van der Waals surface area contributed by atoms with Crippen LogP contribution in [0.3, 0.4) is 0 Å². The first-order valence-electron chi connectivity index (χ1n) is 10.3. The summed E-state index contributed by atoms with van der Waals surface area (Å²) in [5, 5.41) is 15.5. The number of fused-ring (bicyclic) bond motifs is 1. The number of ether oxygens (including phenoxy) is 2. The minimum Gasteiger partial charge on any atom is -0.490 e. The summed E-state index contributed by atoms with van der Waals surface area (Å²) in [4.78, 5) is 4.01. The summed E-state index contributed by atoms with van der Waals surface area (Å²) in [6.45, 7) is 6.65. The van der Waals surface area contributed by atoms with Gasteiger partial charge in [-0.3, -0.25) is 0 Å². The number of aliphatic hydroxyl groups excluding tert-OH is 1. The van der Waals surface area contributed by atoms with Crippen molar-refractivity contribution >= 4 is 11.8 Å². The Hall–Kier alpha value is -3.19. The maximum absolute atomic E-state index is 13.3. The second-order valence-electron chi connectivity index (χ2n) is 8.26. The van der Waals surface area contributed by atoms with E-state index in [0.29, 0.717) is 30.0 Å². The van der Waals surface area contributed by atoms with E-state index in [1.165, 1.54) is 29.5 Å². The smallest absolute Gasteiger partial charge is 0.165 e. The Morgan fingerprint density at radius 1 is 1.32 bits per heavy atom. The van der Waals surface area contributed by atoms with Gasteiger partial charge in [-0.15, -0.1) is 0 Å². The van der Waals surface area contributed by atoms with Crippen LogP contribution in [0.4, 0.5) is 4.39 Å². The van der Waals surface area contributed by atoms with Crippen LogP contribution in [0.2, 0.25) is 0 Å². The van der Waals surface area contributed by atoms with Crippen molar-refractivity contribution in [2.45, 2.75) is 45.3 Å². The average Bonchev–Trinajstić information content (AvgIpc) is 3.37. The Morgan fingerprint density at radius 2 is 2.10 bits per heavy atom. The van der Waals surface area contributed by atoms with E-state index in [9.17, 15) is 9.50 Å². The summed E-state index contributed by atoms with van der Waals surface area (Å²) in [6, 6.07) is 9.81. The molecule has 0 amide bonds. The lowest BCUT2D eigenvalue weighted by Gasteiger charge is -2.19. The first-order valence-corrected chi connectivity index (χ1v) is 10.3. The zero-order chi connectivity index (χ0) is 22.0. The standard InChI is InChI=1S/C24H26FN3O3/c1-4-9-30-21-12-17(11-18-13-24(2,3)31-23(18)21)22(29)20(28-15-26-14-27-28)10-16-5-7-19(25)8-6-16/h5-8,10-12,14-15,22,29H,4,9,13H2,1-3H3. The van der Waals surface area contributed by atoms with Gasteiger partial charge in [-0.05, 0) is 61.7 Å². The molecule has 3 aromatic rings. The molecule has 1 aromatic heterocycles. The molecule has 0 saturated carbocycles. The molecule has 4 rings (SSSR count). The number of nitrogens with zero attached hydrogens (tertiary/aromatic N) is 3. The zero-order valence-corrected chi connectivity index (χ0v) is 17.9. The summed E-state index contributed by atoms with van der Waals surface area (Å²) in [5.41, 5.74) is 2.54. The monoisotopic (exact) mass is 423 g/mol. The lowest BCUT2D eigenvalue weighted by molar-refractivity contribution is 0.132. The van der Waals surface area contributed by atoms with Gasteiger partial charge in [0.05, 0.1) is 12.3 Å². The third-order valence-corrected chi connectivity index (χ3v) is 5.07. The van der Waals surface area contributed by atoms with Gasteiger partial charge in [0, 0.05) is 12.0 Å². The Balaban J connectivity index is 1.77. The van der Waals surface area contributed by atoms with Gasteiger partial charge in [0.2, 0.25) is 0 Å². The number of hydrogen-bond donors (Lipinski definition) is 1. The molecule has 0 aliphatic carbocycles. The average molecular weight is 423 g/mol. The third kappa shape index (κ3) is 4.61. The summed E-state index contributed by atoms with van der Waals surface area (Å²) >= 11 is 0. The maximum atomic E-state index is 13.3. The first kappa shape index (κ1) is 21.1. The highest BCUT2D eigenvalue weighted by Gasteiger charge is 2.34. The van der Waals surface area contributed by atoms with Crippen LogP contribution in [-0.4, -0.2) is 32.1 Å². The SMILES string of the molecule is CCCOc1cc(C(O)C(=Cc2ccc(F)cc2)n2cncn2)cc2c1OC(C)(C)C2. The molecule has 1 aliphatic rings. The van der Waals surface area contributed by atoms with Gasteiger partial charge in [0.25, 0.3) is 0 Å². The van der Waals surface area contributed by atoms with Gasteiger partial charge in [-0.2, -0.15) is 5.10 Å². The number of hydrogen-bond acceptors (Lipinski definition) is 5. The summed E-state index contributed by atoms with van der Waals surface area (Å²) in [6.07, 6.45) is 5.25. The van der Waals surface area contributed by atoms with Gasteiger partial charge in [0.1, 0.15) is 30.2 Å². The molecular formula is C24H26FN3O3. The van der Waals surface area contributed by atoms with Crippen molar-refractivity contribution in [2.24, 2.45) is 0 Å². The molecule has 1 atom stereocenters. The fourth-order valence-corrected chi connectivity index (χ4v) is 3.69. The fourth-order valence-electron chi connectivity index (χ4n) is 3.69. The van der Waals surface area contributed by atoms with Crippen LogP contribution in [0.15, 0.2) is 49.1 Å². The van der Waals surface area contributed by atoms with Crippen molar-refractivity contribution in [1.29, 1.82) is 0 Å². The Morgan fingerprint density at radius 3 is 2.77 bits per heavy atom. The number of benzene rings is 2. The van der Waals surface area contributed by atoms with Crippen LogP contribution in [0.5, 0.6) is 11.5 Å². The van der Waals surface area contributed by atoms with Gasteiger partial charge >= 0.3 is 0 Å². The van der Waals surface area contributed by atoms with Crippen LogP contribution >= 0.6 is 0 Å². The number of rotatable bonds is 7. The topological polar surface area (TPSA) is 69.4 Å². The molecule has 1 aliphatic heterocycles. The van der Waals surface area contributed by atoms with Crippen LogP contribution in [0, 0.1) is 5.82 Å². The summed E-state index contributed by atoms with van der Waals surface area (Å²) < 4.78 is 26.9. The van der Waals surface area contributed by atoms with Crippen LogP contribution in [-0.2, 0) is 6.42 Å². The van der Waals surface area contributed by atoms with E-state index in [1.807, 2.05) is 32.9 Å². The molecule has 7 heteroatoms. The molecule has 6 nitrogen and oxygen atoms in total. The number of aliphatic hydroxyl groups is 1. The highest BCUT2D eigenvalue weighted by molar-refractivity contribution is 5.74. The number of aromatic nitrogens is 3. The minimum atomic E-state index is -1.01. The summed E-state index contributed by atoms with van der Waals surface area (Å²) in [5.74, 6) is 1.04. The molecule has 0 bridgehead atoms. The normalized spacial score (nSPS) is 16.0. The molecule has 162 valence electrons. The van der Waals surface area contributed by atoms with E-state index in [-0.39, 0.29) is 11.4 Å². The highest BCUT2D eigenvalue weighted by atomic mass is 19.1. The second-order valence-corrected chi connectivity index (χ2v) is 8.26. The van der Waals surface area contributed by atoms with E-state index in [0.717, 1.165) is 23.3 Å². The van der Waals surface area contributed by atoms with E-state index in [1.54, 1.807) is 18.2 Å². The molecule has 0 fully saturated rings. The molecule has 0 saturated heterocycles. The predicted octanol–water partition coefficient (Wildman–Crippen LogP) is 4.65. The fraction of sp³-hybridized carbons (Fsp3) is 0.333. The lowest BCUT2D eigenvalue weighted by Crippen LogP contribution is -2.24. The van der Waals surface area contributed by atoms with Gasteiger partial charge in [-0.25, -0.2) is 14.1 Å². The first-order chi connectivity index (χ1) is 14.9. The van der Waals surface area contributed by atoms with Gasteiger partial charge < -0.3 is 14.6 Å². The van der Waals surface area contributed by atoms with Crippen molar-refractivity contribution in [3.05, 3.63) is 71.6 Å². The van der Waals surface area contributed by atoms with Crippen LogP contribution in [0.1, 0.15) is 50.0 Å². The van der Waals surface area contributed by atoms with Gasteiger partial charge in [0.15, 0.2) is 11.5 Å². The molecule has 31 heavy (non-hydrogen) atoms. The van der Waals surface area contributed by atoms with Crippen molar-refractivity contribution < 1.29 is 19.0 Å². The molecule has 2 heterocycles. The Kier molecular flexibility index (Phi) is 5.78. The summed E-state index contributed by atoms with van der Waals surface area (Å²) in [7, 11) is 0. The second kappa shape index (κ2) is 8.51. The predicted molar refractivity (Wildman–Crippen MR) is 116 cm³/mol. The quantitative estimate of drug-likeness (QED) is 0.599. The molecular weight excluding hydrogens is 397 g/mol. The van der Waals surface area contributed by atoms with Crippen molar-refractivity contribution in [3.63, 3.8) is 0 Å².